The fourth-order valence-corrected chi connectivity index (χ4v) is 2.59. The van der Waals surface area contributed by atoms with E-state index in [2.05, 4.69) is 5.32 Å². The Morgan fingerprint density at radius 1 is 1.42 bits per heavy atom. The molecule has 1 aliphatic heterocycles. The zero-order valence-electron chi connectivity index (χ0n) is 10.1. The lowest BCUT2D eigenvalue weighted by Crippen LogP contribution is -2.37. The van der Waals surface area contributed by atoms with Gasteiger partial charge in [-0.1, -0.05) is 18.2 Å². The highest BCUT2D eigenvalue weighted by atomic mass is 32.2. The first-order chi connectivity index (χ1) is 8.99. The number of para-hydroxylation sites is 1. The van der Waals surface area contributed by atoms with Crippen LogP contribution in [0, 0.1) is 6.92 Å². The van der Waals surface area contributed by atoms with Gasteiger partial charge >= 0.3 is 5.97 Å². The molecule has 1 aliphatic rings. The molecule has 0 aromatic heterocycles. The summed E-state index contributed by atoms with van der Waals surface area (Å²) in [6.07, 6.45) is 0. The molecule has 2 amide bonds. The average molecular weight is 280 g/mol. The quantitative estimate of drug-likeness (QED) is 0.869. The third kappa shape index (κ3) is 2.87. The fraction of sp³-hybridized carbons (Fsp3) is 0.250. The molecule has 1 heterocycles. The molecule has 19 heavy (non-hydrogen) atoms. The Balaban J connectivity index is 2.11. The van der Waals surface area contributed by atoms with E-state index in [1.165, 1.54) is 0 Å². The predicted molar refractivity (Wildman–Crippen MR) is 70.9 cm³/mol. The number of benzene rings is 1. The highest BCUT2D eigenvalue weighted by Gasteiger charge is 2.40. The summed E-state index contributed by atoms with van der Waals surface area (Å²) in [6, 6.07) is 7.36. The number of nitrogens with one attached hydrogen (secondary N) is 1. The van der Waals surface area contributed by atoms with Gasteiger partial charge in [-0.05, 0) is 30.3 Å². The molecular formula is C12H12N2O4S. The molecule has 0 spiro atoms. The van der Waals surface area contributed by atoms with Crippen molar-refractivity contribution in [3.05, 3.63) is 29.8 Å². The van der Waals surface area contributed by atoms with Crippen LogP contribution in [0.1, 0.15) is 5.56 Å². The van der Waals surface area contributed by atoms with Crippen molar-refractivity contribution in [3.63, 3.8) is 0 Å². The van der Waals surface area contributed by atoms with E-state index in [9.17, 15) is 14.4 Å². The van der Waals surface area contributed by atoms with Gasteiger partial charge in [0.05, 0.1) is 0 Å². The summed E-state index contributed by atoms with van der Waals surface area (Å²) in [5.74, 6) is -1.74. The van der Waals surface area contributed by atoms with Crippen molar-refractivity contribution in [1.82, 2.24) is 4.90 Å². The number of aliphatic carboxylic acids is 1. The summed E-state index contributed by atoms with van der Waals surface area (Å²) in [6.45, 7) is 1.28. The van der Waals surface area contributed by atoms with E-state index < -0.39 is 29.0 Å². The number of carboxylic acids is 1. The number of anilines is 1. The molecule has 100 valence electrons. The summed E-state index contributed by atoms with van der Waals surface area (Å²) in [7, 11) is 0. The van der Waals surface area contributed by atoms with Crippen molar-refractivity contribution < 1.29 is 19.5 Å². The summed E-state index contributed by atoms with van der Waals surface area (Å²) < 4.78 is 0. The van der Waals surface area contributed by atoms with Gasteiger partial charge in [0, 0.05) is 5.69 Å². The van der Waals surface area contributed by atoms with E-state index in [-0.39, 0.29) is 0 Å². The van der Waals surface area contributed by atoms with Crippen LogP contribution in [-0.2, 0) is 9.59 Å². The van der Waals surface area contributed by atoms with Gasteiger partial charge in [0.1, 0.15) is 6.54 Å². The molecule has 0 aliphatic carbocycles. The Kier molecular flexibility index (Phi) is 3.75. The lowest BCUT2D eigenvalue weighted by molar-refractivity contribution is -0.141. The van der Waals surface area contributed by atoms with Gasteiger partial charge in [-0.15, -0.1) is 0 Å². The van der Waals surface area contributed by atoms with Gasteiger partial charge in [-0.2, -0.15) is 0 Å². The summed E-state index contributed by atoms with van der Waals surface area (Å²) in [4.78, 5) is 34.8. The molecule has 1 fully saturated rings. The highest BCUT2D eigenvalue weighted by Crippen LogP contribution is 2.28. The minimum absolute atomic E-state index is 0.527. The Bertz CT molecular complexity index is 546. The first-order valence-electron chi connectivity index (χ1n) is 5.55. The zero-order valence-corrected chi connectivity index (χ0v) is 10.9. The number of carbonyl (C=O) groups is 3. The molecule has 0 bridgehead atoms. The minimum Gasteiger partial charge on any atom is -0.480 e. The molecule has 0 saturated carbocycles. The number of amides is 2. The van der Waals surface area contributed by atoms with Gasteiger partial charge < -0.3 is 10.4 Å². The first-order valence-corrected chi connectivity index (χ1v) is 6.43. The van der Waals surface area contributed by atoms with Crippen molar-refractivity contribution in [3.8, 4) is 0 Å². The topological polar surface area (TPSA) is 86.7 Å². The SMILES string of the molecule is Cc1ccccc1N[C@H]1SC(=O)N(CC(=O)O)C1=O. The number of thioether (sulfide) groups is 1. The highest BCUT2D eigenvalue weighted by molar-refractivity contribution is 8.15. The van der Waals surface area contributed by atoms with Crippen LogP contribution in [0.25, 0.3) is 0 Å². The van der Waals surface area contributed by atoms with Gasteiger partial charge in [-0.25, -0.2) is 0 Å². The Hall–Kier alpha value is -2.02. The van der Waals surface area contributed by atoms with Crippen molar-refractivity contribution in [1.29, 1.82) is 0 Å². The van der Waals surface area contributed by atoms with Crippen LogP contribution in [0.2, 0.25) is 0 Å². The third-order valence-corrected chi connectivity index (χ3v) is 3.63. The molecular weight excluding hydrogens is 268 g/mol. The number of rotatable bonds is 4. The van der Waals surface area contributed by atoms with Gasteiger partial charge in [0.2, 0.25) is 0 Å². The maximum Gasteiger partial charge on any atom is 0.323 e. The van der Waals surface area contributed by atoms with E-state index in [4.69, 9.17) is 5.11 Å². The second kappa shape index (κ2) is 5.31. The van der Waals surface area contributed by atoms with E-state index in [1.54, 1.807) is 6.07 Å². The summed E-state index contributed by atoms with van der Waals surface area (Å²) in [5.41, 5.74) is 1.69. The Morgan fingerprint density at radius 2 is 2.11 bits per heavy atom. The van der Waals surface area contributed by atoms with Crippen LogP contribution >= 0.6 is 11.8 Å². The predicted octanol–water partition coefficient (Wildman–Crippen LogP) is 1.51. The van der Waals surface area contributed by atoms with Gasteiger partial charge in [-0.3, -0.25) is 19.3 Å². The number of hydrogen-bond donors (Lipinski definition) is 2. The van der Waals surface area contributed by atoms with Crippen LogP contribution in [0.15, 0.2) is 24.3 Å². The van der Waals surface area contributed by atoms with Crippen LogP contribution in [0.3, 0.4) is 0 Å². The largest absolute Gasteiger partial charge is 0.480 e. The molecule has 1 saturated heterocycles. The Morgan fingerprint density at radius 3 is 2.74 bits per heavy atom. The van der Waals surface area contributed by atoms with Crippen molar-refractivity contribution in [2.45, 2.75) is 12.3 Å². The number of carboxylic acid groups (broad SMARTS) is 1. The zero-order chi connectivity index (χ0) is 14.0. The number of imide groups is 1. The van der Waals surface area contributed by atoms with E-state index in [0.717, 1.165) is 27.9 Å². The maximum atomic E-state index is 11.9. The van der Waals surface area contributed by atoms with E-state index >= 15 is 0 Å². The third-order valence-electron chi connectivity index (χ3n) is 2.65. The smallest absolute Gasteiger partial charge is 0.323 e. The second-order valence-corrected chi connectivity index (χ2v) is 5.10. The number of hydrogen-bond acceptors (Lipinski definition) is 5. The molecule has 1 atom stereocenters. The number of nitrogens with zero attached hydrogens (tertiary/aromatic N) is 1. The molecule has 2 N–H and O–H groups in total. The molecule has 0 radical (unpaired) electrons. The molecule has 0 unspecified atom stereocenters. The number of aryl methyl sites for hydroxylation is 1. The minimum atomic E-state index is -1.21. The average Bonchev–Trinajstić information content (AvgIpc) is 2.60. The van der Waals surface area contributed by atoms with Crippen LogP contribution in [-0.4, -0.2) is 39.0 Å². The van der Waals surface area contributed by atoms with Crippen LogP contribution in [0.4, 0.5) is 10.5 Å². The maximum absolute atomic E-state index is 11.9. The van der Waals surface area contributed by atoms with Crippen molar-refractivity contribution in [2.24, 2.45) is 0 Å². The summed E-state index contributed by atoms with van der Waals surface area (Å²) >= 11 is 0.790. The fourth-order valence-electron chi connectivity index (χ4n) is 1.69. The molecule has 1 aromatic rings. The monoisotopic (exact) mass is 280 g/mol. The van der Waals surface area contributed by atoms with E-state index in [1.807, 2.05) is 25.1 Å². The number of carbonyl (C=O) groups excluding carboxylic acids is 2. The van der Waals surface area contributed by atoms with Crippen molar-refractivity contribution >= 4 is 34.6 Å². The van der Waals surface area contributed by atoms with Crippen LogP contribution in [0.5, 0.6) is 0 Å². The standard InChI is InChI=1S/C12H12N2O4S/c1-7-4-2-3-5-8(7)13-10-11(17)14(6-9(15)16)12(18)19-10/h2-5,10,13H,6H2,1H3,(H,15,16)/t10-/m0/s1. The second-order valence-electron chi connectivity index (χ2n) is 4.04. The van der Waals surface area contributed by atoms with Gasteiger partial charge in [0.15, 0.2) is 5.37 Å². The first kappa shape index (κ1) is 13.4. The van der Waals surface area contributed by atoms with Crippen molar-refractivity contribution in [2.75, 3.05) is 11.9 Å². The van der Waals surface area contributed by atoms with Crippen LogP contribution < -0.4 is 5.32 Å². The molecule has 2 rings (SSSR count). The summed E-state index contributed by atoms with van der Waals surface area (Å²) in [5, 5.41) is 10.3. The lowest BCUT2D eigenvalue weighted by Gasteiger charge is -2.14. The molecule has 6 nitrogen and oxygen atoms in total. The molecule has 1 aromatic carbocycles. The van der Waals surface area contributed by atoms with E-state index in [0.29, 0.717) is 0 Å². The molecule has 7 heteroatoms. The normalized spacial score (nSPS) is 18.8. The Labute approximate surface area is 113 Å². The lowest BCUT2D eigenvalue weighted by atomic mass is 10.2. The van der Waals surface area contributed by atoms with Gasteiger partial charge in [0.25, 0.3) is 11.1 Å².